The zero-order valence-electron chi connectivity index (χ0n) is 14.8. The molecule has 0 unspecified atom stereocenters. The van der Waals surface area contributed by atoms with E-state index in [9.17, 15) is 9.59 Å². The molecule has 0 radical (unpaired) electrons. The number of nitrogens with zero attached hydrogens (tertiary/aromatic N) is 3. The number of benzene rings is 2. The average Bonchev–Trinajstić information content (AvgIpc) is 3.34. The van der Waals surface area contributed by atoms with Crippen LogP contribution >= 0.6 is 11.8 Å². The van der Waals surface area contributed by atoms with Crippen LogP contribution in [-0.4, -0.2) is 25.8 Å². The summed E-state index contributed by atoms with van der Waals surface area (Å²) in [6.07, 6.45) is 1.33. The Morgan fingerprint density at radius 1 is 0.966 bits per heavy atom. The third-order valence-corrected chi connectivity index (χ3v) is 5.06. The molecule has 0 spiro atoms. The lowest BCUT2D eigenvalue weighted by Gasteiger charge is -1.99. The van der Waals surface area contributed by atoms with Gasteiger partial charge in [0.1, 0.15) is 5.76 Å². The van der Waals surface area contributed by atoms with Crippen LogP contribution in [0.5, 0.6) is 0 Å². The Bertz CT molecular complexity index is 1460. The lowest BCUT2D eigenvalue weighted by molar-refractivity contribution is 0.468. The number of furan rings is 1. The highest BCUT2D eigenvalue weighted by Crippen LogP contribution is 2.28. The summed E-state index contributed by atoms with van der Waals surface area (Å²) in [5, 5.41) is 5.67. The Kier molecular flexibility index (Phi) is 4.14. The van der Waals surface area contributed by atoms with Gasteiger partial charge < -0.3 is 14.4 Å². The largest absolute Gasteiger partial charge is 0.448 e. The van der Waals surface area contributed by atoms with Gasteiger partial charge in [-0.15, -0.1) is 4.68 Å². The molecule has 0 fully saturated rings. The molecule has 3 aromatic heterocycles. The number of hydrogen-bond donors (Lipinski definition) is 2. The van der Waals surface area contributed by atoms with E-state index in [1.807, 2.05) is 24.3 Å². The molecule has 0 atom stereocenters. The second-order valence-electron chi connectivity index (χ2n) is 6.16. The summed E-state index contributed by atoms with van der Waals surface area (Å²) in [5.74, 6) is 0.406. The molecule has 8 nitrogen and oxygen atoms in total. The Labute approximate surface area is 166 Å². The summed E-state index contributed by atoms with van der Waals surface area (Å²) in [4.78, 5) is 35.0. The van der Waals surface area contributed by atoms with Gasteiger partial charge >= 0.3 is 5.69 Å². The van der Waals surface area contributed by atoms with Gasteiger partial charge in [-0.2, -0.15) is 5.10 Å². The molecule has 142 valence electrons. The summed E-state index contributed by atoms with van der Waals surface area (Å²) >= 11 is 1.33. The van der Waals surface area contributed by atoms with Crippen LogP contribution in [0.2, 0.25) is 0 Å². The third kappa shape index (κ3) is 3.27. The first-order valence-corrected chi connectivity index (χ1v) is 9.50. The fraction of sp³-hybridized carbons (Fsp3) is 0. The van der Waals surface area contributed by atoms with Crippen molar-refractivity contribution < 1.29 is 4.42 Å². The molecule has 2 aromatic carbocycles. The Hall–Kier alpha value is -3.85. The van der Waals surface area contributed by atoms with E-state index in [-0.39, 0.29) is 0 Å². The first-order valence-electron chi connectivity index (χ1n) is 8.68. The molecule has 3 heterocycles. The molecule has 0 amide bonds. The van der Waals surface area contributed by atoms with E-state index in [4.69, 9.17) is 4.42 Å². The van der Waals surface area contributed by atoms with Gasteiger partial charge in [-0.3, -0.25) is 4.79 Å². The Balaban J connectivity index is 1.41. The lowest BCUT2D eigenvalue weighted by atomic mass is 10.2. The van der Waals surface area contributed by atoms with Gasteiger partial charge in [-0.1, -0.05) is 24.3 Å². The predicted molar refractivity (Wildman–Crippen MR) is 111 cm³/mol. The van der Waals surface area contributed by atoms with Gasteiger partial charge in [-0.25, -0.2) is 9.78 Å². The highest BCUT2D eigenvalue weighted by molar-refractivity contribution is 7.99. The molecule has 2 N–H and O–H groups in total. The van der Waals surface area contributed by atoms with Crippen LogP contribution in [0, 0.1) is 0 Å². The predicted octanol–water partition coefficient (Wildman–Crippen LogP) is 3.19. The third-order valence-electron chi connectivity index (χ3n) is 4.25. The molecule has 9 heteroatoms. The number of aromatic nitrogens is 4. The van der Waals surface area contributed by atoms with E-state index in [1.165, 1.54) is 18.0 Å². The van der Waals surface area contributed by atoms with Crippen LogP contribution in [0.1, 0.15) is 5.76 Å². The smallest absolute Gasteiger partial charge is 0.349 e. The van der Waals surface area contributed by atoms with Crippen molar-refractivity contribution in [3.05, 3.63) is 87.3 Å². The van der Waals surface area contributed by atoms with Crippen LogP contribution < -0.4 is 11.2 Å². The Morgan fingerprint density at radius 3 is 2.62 bits per heavy atom. The van der Waals surface area contributed by atoms with Crippen LogP contribution in [0.4, 0.5) is 0 Å². The summed E-state index contributed by atoms with van der Waals surface area (Å²) in [5.41, 5.74) is 1.17. The maximum Gasteiger partial charge on any atom is 0.349 e. The maximum atomic E-state index is 12.5. The molecule has 0 saturated carbocycles. The maximum absolute atomic E-state index is 12.5. The standard InChI is InChI=1S/C20H13N5O3S/c26-18-13-5-1-2-6-14(13)24-20(27)25(18)21-11-12-9-10-17(28-12)29-19-22-15-7-3-4-8-16(15)23-19/h1-11H,(H,22,23)(H,24,27). The number of imidazole rings is 1. The molecule has 0 bridgehead atoms. The number of aromatic amines is 2. The minimum Gasteiger partial charge on any atom is -0.448 e. The number of para-hydroxylation sites is 3. The highest BCUT2D eigenvalue weighted by Gasteiger charge is 2.09. The molecule has 0 aliphatic rings. The minimum atomic E-state index is -0.617. The van der Waals surface area contributed by atoms with Crippen molar-refractivity contribution in [2.75, 3.05) is 0 Å². The minimum absolute atomic E-state index is 0.379. The number of fused-ring (bicyclic) bond motifs is 2. The zero-order valence-corrected chi connectivity index (χ0v) is 15.6. The van der Waals surface area contributed by atoms with E-state index in [2.05, 4.69) is 20.1 Å². The molecule has 5 rings (SSSR count). The number of H-pyrrole nitrogens is 2. The van der Waals surface area contributed by atoms with E-state index in [0.29, 0.717) is 26.9 Å². The molecule has 0 aliphatic carbocycles. The van der Waals surface area contributed by atoms with Crippen molar-refractivity contribution in [1.82, 2.24) is 19.6 Å². The molecule has 0 aliphatic heterocycles. The van der Waals surface area contributed by atoms with Crippen molar-refractivity contribution in [3.8, 4) is 0 Å². The average molecular weight is 403 g/mol. The first-order chi connectivity index (χ1) is 14.2. The monoisotopic (exact) mass is 403 g/mol. The summed E-state index contributed by atoms with van der Waals surface area (Å²) in [6, 6.07) is 18.0. The van der Waals surface area contributed by atoms with Crippen LogP contribution in [0.15, 0.2) is 90.0 Å². The number of hydrogen-bond acceptors (Lipinski definition) is 6. The second-order valence-corrected chi connectivity index (χ2v) is 7.15. The SMILES string of the molecule is O=c1[nH]c2ccccc2c(=O)n1N=Cc1ccc(Sc2nc3ccccc3[nH]2)o1. The summed E-state index contributed by atoms with van der Waals surface area (Å²) in [6.45, 7) is 0. The van der Waals surface area contributed by atoms with Gasteiger partial charge in [0.05, 0.1) is 28.2 Å². The fourth-order valence-corrected chi connectivity index (χ4v) is 3.67. The van der Waals surface area contributed by atoms with Gasteiger partial charge in [0.25, 0.3) is 5.56 Å². The molecule has 5 aromatic rings. The highest BCUT2D eigenvalue weighted by atomic mass is 32.2. The molecule has 29 heavy (non-hydrogen) atoms. The topological polar surface area (TPSA) is 109 Å². The number of nitrogens with one attached hydrogen (secondary N) is 2. The zero-order chi connectivity index (χ0) is 19.8. The van der Waals surface area contributed by atoms with E-state index in [1.54, 1.807) is 36.4 Å². The molecule has 0 saturated heterocycles. The van der Waals surface area contributed by atoms with Crippen LogP contribution in [0.25, 0.3) is 21.9 Å². The van der Waals surface area contributed by atoms with E-state index in [0.717, 1.165) is 15.7 Å². The van der Waals surface area contributed by atoms with Gasteiger partial charge in [0, 0.05) is 0 Å². The van der Waals surface area contributed by atoms with Crippen LogP contribution in [0.3, 0.4) is 0 Å². The lowest BCUT2D eigenvalue weighted by Crippen LogP contribution is -2.32. The molecular weight excluding hydrogens is 390 g/mol. The van der Waals surface area contributed by atoms with Crippen molar-refractivity contribution in [3.63, 3.8) is 0 Å². The van der Waals surface area contributed by atoms with Gasteiger partial charge in [0.2, 0.25) is 0 Å². The van der Waals surface area contributed by atoms with Gasteiger partial charge in [0.15, 0.2) is 10.2 Å². The van der Waals surface area contributed by atoms with Crippen LogP contribution in [-0.2, 0) is 0 Å². The fourth-order valence-electron chi connectivity index (χ4n) is 2.90. The van der Waals surface area contributed by atoms with Crippen molar-refractivity contribution in [2.24, 2.45) is 5.10 Å². The number of rotatable bonds is 4. The summed E-state index contributed by atoms with van der Waals surface area (Å²) in [7, 11) is 0. The van der Waals surface area contributed by atoms with E-state index >= 15 is 0 Å². The quantitative estimate of drug-likeness (QED) is 0.448. The first kappa shape index (κ1) is 17.3. The van der Waals surface area contributed by atoms with E-state index < -0.39 is 11.2 Å². The Morgan fingerprint density at radius 2 is 1.76 bits per heavy atom. The summed E-state index contributed by atoms with van der Waals surface area (Å²) < 4.78 is 6.47. The van der Waals surface area contributed by atoms with Crippen molar-refractivity contribution in [2.45, 2.75) is 10.2 Å². The second kappa shape index (κ2) is 6.95. The normalized spacial score (nSPS) is 11.7. The van der Waals surface area contributed by atoms with Crippen molar-refractivity contribution in [1.29, 1.82) is 0 Å². The van der Waals surface area contributed by atoms with Crippen molar-refractivity contribution >= 4 is 39.9 Å². The molecular formula is C20H13N5O3S. The van der Waals surface area contributed by atoms with Gasteiger partial charge in [-0.05, 0) is 48.2 Å².